The lowest BCUT2D eigenvalue weighted by atomic mass is 10.2. The van der Waals surface area contributed by atoms with Crippen LogP contribution in [0.2, 0.25) is 0 Å². The number of rotatable bonds is 4. The molecule has 0 spiro atoms. The van der Waals surface area contributed by atoms with Crippen molar-refractivity contribution in [2.45, 2.75) is 13.8 Å². The number of methoxy groups -OCH3 is 1. The van der Waals surface area contributed by atoms with Gasteiger partial charge in [-0.3, -0.25) is 4.79 Å². The minimum absolute atomic E-state index is 0.214. The Bertz CT molecular complexity index is 741. The van der Waals surface area contributed by atoms with Crippen molar-refractivity contribution in [3.8, 4) is 5.88 Å². The number of benzene rings is 1. The molecule has 1 aliphatic rings. The quantitative estimate of drug-likeness (QED) is 0.860. The molecule has 3 N–H and O–H groups in total. The Labute approximate surface area is 161 Å². The number of ether oxygens (including phenoxy) is 1. The second kappa shape index (κ2) is 9.78. The minimum atomic E-state index is -0.338. The van der Waals surface area contributed by atoms with Gasteiger partial charge in [0.25, 0.3) is 5.91 Å². The third-order valence-electron chi connectivity index (χ3n) is 4.36. The largest absolute Gasteiger partial charge is 0.480 e. The van der Waals surface area contributed by atoms with E-state index >= 15 is 0 Å². The van der Waals surface area contributed by atoms with Gasteiger partial charge in [0.15, 0.2) is 0 Å². The first-order valence-corrected chi connectivity index (χ1v) is 9.22. The number of nitrogens with one attached hydrogen (secondary N) is 1. The number of likely N-dealkylation sites (N-methyl/N-ethyl adjacent to an activating group) is 1. The number of hydrogen-bond donors (Lipinski definition) is 2. The number of nitrogens with two attached hydrogens (primary N) is 1. The van der Waals surface area contributed by atoms with Crippen LogP contribution in [0.1, 0.15) is 24.2 Å². The molecule has 1 aromatic carbocycles. The number of hydrogen-bond acceptors (Lipinski definition) is 6. The molecule has 0 atom stereocenters. The van der Waals surface area contributed by atoms with Gasteiger partial charge in [-0.2, -0.15) is 0 Å². The number of nitrogen functional groups attached to an aromatic ring is 1. The molecule has 1 fully saturated rings. The molecule has 1 aromatic heterocycles. The van der Waals surface area contributed by atoms with Gasteiger partial charge in [-0.25, -0.2) is 4.98 Å². The Morgan fingerprint density at radius 1 is 1.11 bits per heavy atom. The molecule has 1 saturated heterocycles. The fourth-order valence-corrected chi connectivity index (χ4v) is 2.85. The zero-order valence-electron chi connectivity index (χ0n) is 16.5. The first-order valence-electron chi connectivity index (χ1n) is 9.22. The second-order valence-corrected chi connectivity index (χ2v) is 6.08. The van der Waals surface area contributed by atoms with E-state index in [0.717, 1.165) is 31.9 Å². The Morgan fingerprint density at radius 3 is 2.33 bits per heavy atom. The summed E-state index contributed by atoms with van der Waals surface area (Å²) in [7, 11) is 3.60. The number of carbonyl (C=O) groups excluding carboxylic acids is 1. The summed E-state index contributed by atoms with van der Waals surface area (Å²) in [6, 6.07) is 9.40. The maximum atomic E-state index is 12.5. The van der Waals surface area contributed by atoms with Crippen LogP contribution in [0.4, 0.5) is 17.1 Å². The van der Waals surface area contributed by atoms with Crippen LogP contribution in [-0.4, -0.2) is 56.1 Å². The smallest absolute Gasteiger partial charge is 0.263 e. The topological polar surface area (TPSA) is 83.7 Å². The summed E-state index contributed by atoms with van der Waals surface area (Å²) in [5.41, 5.74) is 8.33. The van der Waals surface area contributed by atoms with Gasteiger partial charge in [0, 0.05) is 43.8 Å². The summed E-state index contributed by atoms with van der Waals surface area (Å²) in [4.78, 5) is 21.2. The Morgan fingerprint density at radius 2 is 1.74 bits per heavy atom. The molecule has 1 amide bonds. The summed E-state index contributed by atoms with van der Waals surface area (Å²) in [5, 5.41) is 2.85. The van der Waals surface area contributed by atoms with Crippen molar-refractivity contribution >= 4 is 23.0 Å². The summed E-state index contributed by atoms with van der Waals surface area (Å²) >= 11 is 0. The van der Waals surface area contributed by atoms with Crippen molar-refractivity contribution in [3.05, 3.63) is 42.1 Å². The van der Waals surface area contributed by atoms with Gasteiger partial charge in [-0.1, -0.05) is 13.8 Å². The van der Waals surface area contributed by atoms with Crippen LogP contribution < -0.4 is 20.7 Å². The number of piperazine rings is 1. The third kappa shape index (κ3) is 5.10. The minimum Gasteiger partial charge on any atom is -0.480 e. The number of anilines is 3. The fraction of sp³-hybridized carbons (Fsp3) is 0.400. The maximum absolute atomic E-state index is 12.5. The van der Waals surface area contributed by atoms with Crippen LogP contribution in [0, 0.1) is 0 Å². The standard InChI is InChI=1S/C18H23N5O2.C2H6/c1-22-9-11-23(12-10-22)14-5-3-13(4-6-14)21-17(24)16-15(19)7-8-20-18(16)25-2;1-2/h3-8H,9-12H2,1-2H3,(H2,19,20)(H,21,24);1-2H3. The van der Waals surface area contributed by atoms with Crippen LogP contribution >= 0.6 is 0 Å². The maximum Gasteiger partial charge on any atom is 0.263 e. The molecule has 3 rings (SSSR count). The van der Waals surface area contributed by atoms with Crippen LogP contribution in [0.15, 0.2) is 36.5 Å². The first kappa shape index (κ1) is 20.5. The third-order valence-corrected chi connectivity index (χ3v) is 4.36. The van der Waals surface area contributed by atoms with E-state index in [1.165, 1.54) is 13.3 Å². The zero-order valence-corrected chi connectivity index (χ0v) is 16.5. The Hall–Kier alpha value is -2.80. The molecule has 2 heterocycles. The molecule has 1 aliphatic heterocycles. The number of nitrogens with zero attached hydrogens (tertiary/aromatic N) is 3. The summed E-state index contributed by atoms with van der Waals surface area (Å²) in [6.45, 7) is 8.12. The van der Waals surface area contributed by atoms with Crippen LogP contribution in [0.25, 0.3) is 0 Å². The van der Waals surface area contributed by atoms with E-state index in [2.05, 4.69) is 27.1 Å². The predicted octanol–water partition coefficient (Wildman–Crippen LogP) is 2.70. The van der Waals surface area contributed by atoms with Gasteiger partial charge in [-0.15, -0.1) is 0 Å². The van der Waals surface area contributed by atoms with Crippen LogP contribution in [0.5, 0.6) is 5.88 Å². The van der Waals surface area contributed by atoms with Crippen molar-refractivity contribution in [2.24, 2.45) is 0 Å². The van der Waals surface area contributed by atoms with Gasteiger partial charge in [0.1, 0.15) is 5.56 Å². The molecule has 0 unspecified atom stereocenters. The molecule has 7 heteroatoms. The van der Waals surface area contributed by atoms with Gasteiger partial charge < -0.3 is 25.6 Å². The summed E-state index contributed by atoms with van der Waals surface area (Å²) in [6.07, 6.45) is 1.51. The summed E-state index contributed by atoms with van der Waals surface area (Å²) in [5.74, 6) is -0.124. The SMILES string of the molecule is CC.COc1nccc(N)c1C(=O)Nc1ccc(N2CCN(C)CC2)cc1. The fourth-order valence-electron chi connectivity index (χ4n) is 2.85. The molecule has 0 bridgehead atoms. The van der Waals surface area contributed by atoms with Crippen LogP contribution in [0.3, 0.4) is 0 Å². The van der Waals surface area contributed by atoms with Gasteiger partial charge in [0.05, 0.1) is 12.8 Å². The number of pyridine rings is 1. The van der Waals surface area contributed by atoms with Crippen molar-refractivity contribution in [2.75, 3.05) is 56.3 Å². The molecular weight excluding hydrogens is 342 g/mol. The molecule has 0 aliphatic carbocycles. The molecule has 0 radical (unpaired) electrons. The summed E-state index contributed by atoms with van der Waals surface area (Å²) < 4.78 is 5.13. The van der Waals surface area contributed by atoms with Gasteiger partial charge >= 0.3 is 0 Å². The van der Waals surface area contributed by atoms with E-state index in [1.54, 1.807) is 6.07 Å². The number of carbonyl (C=O) groups is 1. The molecule has 0 saturated carbocycles. The second-order valence-electron chi connectivity index (χ2n) is 6.08. The molecule has 27 heavy (non-hydrogen) atoms. The van der Waals surface area contributed by atoms with Crippen molar-refractivity contribution in [1.29, 1.82) is 0 Å². The van der Waals surface area contributed by atoms with E-state index in [1.807, 2.05) is 38.1 Å². The number of amides is 1. The lowest BCUT2D eigenvalue weighted by molar-refractivity contribution is 0.102. The van der Waals surface area contributed by atoms with E-state index < -0.39 is 0 Å². The highest BCUT2D eigenvalue weighted by Crippen LogP contribution is 2.24. The Kier molecular flexibility index (Phi) is 7.43. The zero-order chi connectivity index (χ0) is 19.8. The van der Waals surface area contributed by atoms with Gasteiger partial charge in [-0.05, 0) is 37.4 Å². The molecule has 2 aromatic rings. The monoisotopic (exact) mass is 371 g/mol. The molecular formula is C20H29N5O2. The van der Waals surface area contributed by atoms with Crippen molar-refractivity contribution in [3.63, 3.8) is 0 Å². The highest BCUT2D eigenvalue weighted by atomic mass is 16.5. The van der Waals surface area contributed by atoms with E-state index in [0.29, 0.717) is 11.4 Å². The predicted molar refractivity (Wildman–Crippen MR) is 111 cm³/mol. The van der Waals surface area contributed by atoms with E-state index in [4.69, 9.17) is 10.5 Å². The van der Waals surface area contributed by atoms with Crippen LogP contribution in [-0.2, 0) is 0 Å². The molecule has 7 nitrogen and oxygen atoms in total. The number of aromatic nitrogens is 1. The average Bonchev–Trinajstić information content (AvgIpc) is 2.70. The molecule has 146 valence electrons. The highest BCUT2D eigenvalue weighted by molar-refractivity contribution is 6.09. The lowest BCUT2D eigenvalue weighted by Gasteiger charge is -2.34. The lowest BCUT2D eigenvalue weighted by Crippen LogP contribution is -2.44. The van der Waals surface area contributed by atoms with Gasteiger partial charge in [0.2, 0.25) is 5.88 Å². The van der Waals surface area contributed by atoms with E-state index in [-0.39, 0.29) is 17.4 Å². The normalized spacial score (nSPS) is 14.1. The van der Waals surface area contributed by atoms with Crippen molar-refractivity contribution in [1.82, 2.24) is 9.88 Å². The van der Waals surface area contributed by atoms with Crippen molar-refractivity contribution < 1.29 is 9.53 Å². The van der Waals surface area contributed by atoms with E-state index in [9.17, 15) is 4.79 Å². The first-order chi connectivity index (χ1) is 13.1. The Balaban J connectivity index is 0.00000126. The highest BCUT2D eigenvalue weighted by Gasteiger charge is 2.18. The average molecular weight is 371 g/mol.